The van der Waals surface area contributed by atoms with E-state index in [0.29, 0.717) is 59.0 Å². The van der Waals surface area contributed by atoms with Crippen molar-refractivity contribution < 1.29 is 22.8 Å². The average Bonchev–Trinajstić information content (AvgIpc) is 3.71. The summed E-state index contributed by atoms with van der Waals surface area (Å²) in [5.41, 5.74) is 4.13. The summed E-state index contributed by atoms with van der Waals surface area (Å²) in [6.45, 7) is 7.32. The van der Waals surface area contributed by atoms with Gasteiger partial charge in [-0.15, -0.1) is 0 Å². The summed E-state index contributed by atoms with van der Waals surface area (Å²) in [5.74, 6) is -1.31. The number of hydrogen-bond acceptors (Lipinski definition) is 8. The summed E-state index contributed by atoms with van der Waals surface area (Å²) in [6.07, 6.45) is 11.5. The second-order valence-corrected chi connectivity index (χ2v) is 17.4. The minimum absolute atomic E-state index is 0.0444. The Morgan fingerprint density at radius 1 is 0.952 bits per heavy atom. The number of pyridine rings is 1. The number of nitrogens with one attached hydrogen (secondary N) is 1. The Morgan fingerprint density at radius 3 is 2.47 bits per heavy atom. The van der Waals surface area contributed by atoms with Gasteiger partial charge in [0.25, 0.3) is 5.91 Å². The number of benzene rings is 2. The maximum atomic E-state index is 16.0. The van der Waals surface area contributed by atoms with Crippen molar-refractivity contribution in [2.24, 2.45) is 7.05 Å². The summed E-state index contributed by atoms with van der Waals surface area (Å²) in [6, 6.07) is 12.6. The zero-order valence-electron chi connectivity index (χ0n) is 34.4. The third-order valence-corrected chi connectivity index (χ3v) is 13.2. The number of amides is 1. The lowest BCUT2D eigenvalue weighted by atomic mass is 9.84. The highest BCUT2D eigenvalue weighted by Gasteiger charge is 2.53. The maximum Gasteiger partial charge on any atom is 0.438 e. The normalized spacial score (nSPS) is 19.4. The van der Waals surface area contributed by atoms with E-state index in [1.54, 1.807) is 45.7 Å². The quantitative estimate of drug-likeness (QED) is 0.189. The van der Waals surface area contributed by atoms with E-state index in [2.05, 4.69) is 47.4 Å². The molecule has 6 aromatic heterocycles. The fourth-order valence-electron chi connectivity index (χ4n) is 9.95. The standard InChI is InChI=1S/C45H42F2N10O5/c1-25-38-39(56-17-16-55(43(56)60)34-12-11-32-30(36(34)47)22-48-52(32)4)37(26-5-8-29(46)9-6-26)50-57(38)19-18-54(25)40(58)31-24-53-23-28(27-13-20-61-44(2,3)21-27)7-10-33(53)35(31)45(14-15-45)41-49-42(59)62-51-41/h5-12,16-17,22-25,27H,13-15,18-21H2,1-4H3,(H,49,51,59). The molecule has 0 bridgehead atoms. The summed E-state index contributed by atoms with van der Waals surface area (Å²) >= 11 is 0. The monoisotopic (exact) mass is 840 g/mol. The molecule has 0 radical (unpaired) electrons. The first-order valence-corrected chi connectivity index (χ1v) is 20.8. The summed E-state index contributed by atoms with van der Waals surface area (Å²) in [4.78, 5) is 46.7. The van der Waals surface area contributed by atoms with Gasteiger partial charge in [-0.1, -0.05) is 11.2 Å². The molecule has 62 heavy (non-hydrogen) atoms. The van der Waals surface area contributed by atoms with Crippen LogP contribution in [0.4, 0.5) is 8.78 Å². The van der Waals surface area contributed by atoms with E-state index in [1.807, 2.05) is 17.5 Å². The molecule has 8 heterocycles. The molecular formula is C45H42F2N10O5. The molecule has 8 aromatic rings. The molecule has 0 spiro atoms. The smallest absolute Gasteiger partial charge is 0.376 e. The lowest BCUT2D eigenvalue weighted by Crippen LogP contribution is -2.42. The predicted octanol–water partition coefficient (Wildman–Crippen LogP) is 6.56. The van der Waals surface area contributed by atoms with Gasteiger partial charge in [-0.05, 0) is 100 Å². The van der Waals surface area contributed by atoms with Crippen molar-refractivity contribution in [3.05, 3.63) is 140 Å². The topological polar surface area (TPSA) is 155 Å². The van der Waals surface area contributed by atoms with Gasteiger partial charge >= 0.3 is 11.4 Å². The zero-order valence-corrected chi connectivity index (χ0v) is 34.4. The van der Waals surface area contributed by atoms with Crippen LogP contribution in [0.15, 0.2) is 93.6 Å². The molecule has 1 saturated heterocycles. The molecule has 1 saturated carbocycles. The number of rotatable bonds is 7. The second kappa shape index (κ2) is 13.6. The first kappa shape index (κ1) is 38.1. The zero-order chi connectivity index (χ0) is 42.8. The molecule has 15 nitrogen and oxygen atoms in total. The van der Waals surface area contributed by atoms with Crippen LogP contribution in [0.25, 0.3) is 39.1 Å². The van der Waals surface area contributed by atoms with E-state index in [9.17, 15) is 14.0 Å². The van der Waals surface area contributed by atoms with Crippen molar-refractivity contribution in [1.29, 1.82) is 0 Å². The molecule has 17 heteroatoms. The molecule has 2 unspecified atom stereocenters. The van der Waals surface area contributed by atoms with Crippen molar-refractivity contribution in [2.45, 2.75) is 76.0 Å². The third kappa shape index (κ3) is 5.77. The average molecular weight is 841 g/mol. The molecule has 2 atom stereocenters. The van der Waals surface area contributed by atoms with Gasteiger partial charge in [0, 0.05) is 56.1 Å². The largest absolute Gasteiger partial charge is 0.438 e. The Kier molecular flexibility index (Phi) is 8.33. The highest BCUT2D eigenvalue weighted by Crippen LogP contribution is 2.55. The maximum absolute atomic E-state index is 16.0. The molecule has 2 fully saturated rings. The predicted molar refractivity (Wildman–Crippen MR) is 223 cm³/mol. The van der Waals surface area contributed by atoms with Crippen molar-refractivity contribution in [3.8, 4) is 22.6 Å². The van der Waals surface area contributed by atoms with Crippen molar-refractivity contribution in [1.82, 2.24) is 48.1 Å². The number of fused-ring (bicyclic) bond motifs is 3. The molecule has 11 rings (SSSR count). The Bertz CT molecular complexity index is 3230. The van der Waals surface area contributed by atoms with Gasteiger partial charge in [0.05, 0.1) is 63.2 Å². The van der Waals surface area contributed by atoms with Gasteiger partial charge in [-0.3, -0.25) is 32.8 Å². The Labute approximate surface area is 351 Å². The Morgan fingerprint density at radius 2 is 1.73 bits per heavy atom. The van der Waals surface area contributed by atoms with Gasteiger partial charge in [0.2, 0.25) is 0 Å². The molecule has 3 aliphatic rings. The lowest BCUT2D eigenvalue weighted by molar-refractivity contribution is -0.0593. The van der Waals surface area contributed by atoms with Gasteiger partial charge < -0.3 is 14.0 Å². The number of hydrogen-bond donors (Lipinski definition) is 1. The van der Waals surface area contributed by atoms with Crippen LogP contribution in [-0.4, -0.2) is 72.8 Å². The van der Waals surface area contributed by atoms with Gasteiger partial charge in [-0.2, -0.15) is 10.2 Å². The van der Waals surface area contributed by atoms with Gasteiger partial charge in [0.15, 0.2) is 11.6 Å². The first-order chi connectivity index (χ1) is 29.8. The van der Waals surface area contributed by atoms with Crippen LogP contribution < -0.4 is 11.4 Å². The number of H-pyrrole nitrogens is 1. The van der Waals surface area contributed by atoms with Crippen LogP contribution in [-0.2, 0) is 23.7 Å². The van der Waals surface area contributed by atoms with Crippen molar-refractivity contribution in [3.63, 3.8) is 0 Å². The van der Waals surface area contributed by atoms with E-state index in [0.717, 1.165) is 29.5 Å². The number of aryl methyl sites for hydroxylation is 1. The minimum Gasteiger partial charge on any atom is -0.376 e. The number of aromatic amines is 1. The summed E-state index contributed by atoms with van der Waals surface area (Å²) in [7, 11) is 1.71. The van der Waals surface area contributed by atoms with Crippen LogP contribution >= 0.6 is 0 Å². The van der Waals surface area contributed by atoms with Gasteiger partial charge in [-0.25, -0.2) is 18.4 Å². The molecule has 2 aliphatic heterocycles. The Balaban J connectivity index is 1.04. The minimum atomic E-state index is -0.750. The first-order valence-electron chi connectivity index (χ1n) is 20.8. The molecule has 1 amide bonds. The van der Waals surface area contributed by atoms with E-state index < -0.39 is 34.5 Å². The van der Waals surface area contributed by atoms with E-state index in [-0.39, 0.29) is 41.6 Å². The highest BCUT2D eigenvalue weighted by molar-refractivity contribution is 5.99. The number of carbonyl (C=O) groups excluding carboxylic acids is 1. The Hall–Kier alpha value is -6.88. The number of halogens is 2. The summed E-state index contributed by atoms with van der Waals surface area (Å²) in [5, 5.41) is 13.5. The molecule has 1 aliphatic carbocycles. The van der Waals surface area contributed by atoms with Crippen LogP contribution in [0.5, 0.6) is 0 Å². The molecular weight excluding hydrogens is 799 g/mol. The molecule has 2 aromatic carbocycles. The van der Waals surface area contributed by atoms with Crippen LogP contribution in [0.3, 0.4) is 0 Å². The highest BCUT2D eigenvalue weighted by atomic mass is 19.1. The summed E-state index contributed by atoms with van der Waals surface area (Å²) < 4.78 is 49.3. The van der Waals surface area contributed by atoms with Crippen LogP contribution in [0.2, 0.25) is 0 Å². The second-order valence-electron chi connectivity index (χ2n) is 17.4. The van der Waals surface area contributed by atoms with Crippen LogP contribution in [0.1, 0.15) is 91.4 Å². The lowest BCUT2D eigenvalue weighted by Gasteiger charge is -2.35. The molecule has 316 valence electrons. The number of nitrogens with zero attached hydrogens (tertiary/aromatic N) is 9. The number of ether oxygens (including phenoxy) is 1. The SMILES string of the molecule is CC1c2c(-n3ccn(-c4ccc5c(cnn5C)c4F)c3=O)c(-c3ccc(F)cc3)nn2CCN1C(=O)c1cn2cc(C3CCOC(C)(C)C3)ccc2c1C1(c2noc(=O)[nH]2)CC1. The van der Waals surface area contributed by atoms with Crippen LogP contribution in [0, 0.1) is 11.6 Å². The number of carbonyl (C=O) groups is 1. The van der Waals surface area contributed by atoms with E-state index >= 15 is 9.18 Å². The van der Waals surface area contributed by atoms with Crippen molar-refractivity contribution in [2.75, 3.05) is 13.2 Å². The number of imidazole rings is 1. The van der Waals surface area contributed by atoms with Gasteiger partial charge in [0.1, 0.15) is 17.2 Å². The third-order valence-electron chi connectivity index (χ3n) is 13.2. The van der Waals surface area contributed by atoms with E-state index in [4.69, 9.17) is 14.4 Å². The van der Waals surface area contributed by atoms with E-state index in [1.165, 1.54) is 39.7 Å². The fraction of sp³-hybridized carbons (Fsp3) is 0.333. The van der Waals surface area contributed by atoms with Crippen molar-refractivity contribution >= 4 is 22.3 Å². The fourth-order valence-corrected chi connectivity index (χ4v) is 9.95. The molecule has 1 N–H and O–H groups in total. The number of aromatic nitrogens is 9.